The zero-order valence-corrected chi connectivity index (χ0v) is 24.1. The van der Waals surface area contributed by atoms with Gasteiger partial charge in [0.05, 0.1) is 34.9 Å². The van der Waals surface area contributed by atoms with Crippen LogP contribution in [0.4, 0.5) is 30.4 Å². The molecule has 2 aliphatic heterocycles. The Hall–Kier alpha value is -4.71. The predicted octanol–water partition coefficient (Wildman–Crippen LogP) is 5.75. The Balaban J connectivity index is 1.10. The van der Waals surface area contributed by atoms with E-state index in [1.807, 2.05) is 30.3 Å². The van der Waals surface area contributed by atoms with Crippen molar-refractivity contribution in [1.82, 2.24) is 10.3 Å². The van der Waals surface area contributed by atoms with Crippen LogP contribution in [0.25, 0.3) is 10.4 Å². The molecular formula is C32H26F3N5O3S. The summed E-state index contributed by atoms with van der Waals surface area (Å²) in [6.07, 6.45) is 3.90. The molecule has 44 heavy (non-hydrogen) atoms. The molecule has 1 saturated carbocycles. The van der Waals surface area contributed by atoms with Crippen LogP contribution in [0.2, 0.25) is 0 Å². The fourth-order valence-electron chi connectivity index (χ4n) is 5.49. The first kappa shape index (κ1) is 28.1. The van der Waals surface area contributed by atoms with Crippen LogP contribution < -0.4 is 20.4 Å². The number of thiophene rings is 1. The molecule has 2 fully saturated rings. The van der Waals surface area contributed by atoms with Crippen molar-refractivity contribution in [3.8, 4) is 10.4 Å². The summed E-state index contributed by atoms with van der Waals surface area (Å²) < 4.78 is 42.1. The highest BCUT2D eigenvalue weighted by molar-refractivity contribution is 7.17. The molecule has 0 radical (unpaired) electrons. The van der Waals surface area contributed by atoms with Crippen LogP contribution in [0.5, 0.6) is 0 Å². The summed E-state index contributed by atoms with van der Waals surface area (Å²) in [6.45, 7) is -0.790. The lowest BCUT2D eigenvalue weighted by Crippen LogP contribution is -2.57. The number of amides is 3. The van der Waals surface area contributed by atoms with Gasteiger partial charge in [-0.05, 0) is 67.3 Å². The molecule has 3 amide bonds. The van der Waals surface area contributed by atoms with Gasteiger partial charge in [-0.15, -0.1) is 11.3 Å². The molecule has 2 aromatic carbocycles. The quantitative estimate of drug-likeness (QED) is 0.287. The fraction of sp³-hybridized carbons (Fsp3) is 0.250. The van der Waals surface area contributed by atoms with Crippen LogP contribution in [-0.4, -0.2) is 54.3 Å². The molecule has 1 saturated heterocycles. The van der Waals surface area contributed by atoms with Crippen molar-refractivity contribution in [1.29, 1.82) is 0 Å². The summed E-state index contributed by atoms with van der Waals surface area (Å²) in [6, 6.07) is 16.3. The SMILES string of the molecule is O=C(NC1CC1)c1cc2c(s1)-c1ccccc1N(C(=O)c1ccc(NC(=O)c3cccnc3N3CC(F)(F)C3)c(F)c1)CC2. The number of nitrogens with one attached hydrogen (secondary N) is 2. The van der Waals surface area contributed by atoms with Crippen molar-refractivity contribution in [2.75, 3.05) is 34.8 Å². The predicted molar refractivity (Wildman–Crippen MR) is 161 cm³/mol. The maximum atomic E-state index is 15.3. The Labute approximate surface area is 254 Å². The topological polar surface area (TPSA) is 94.6 Å². The summed E-state index contributed by atoms with van der Waals surface area (Å²) in [5.41, 5.74) is 2.41. The molecular weight excluding hydrogens is 591 g/mol. The zero-order valence-electron chi connectivity index (χ0n) is 23.3. The van der Waals surface area contributed by atoms with E-state index in [9.17, 15) is 23.2 Å². The van der Waals surface area contributed by atoms with E-state index in [1.165, 1.54) is 46.7 Å². The summed E-state index contributed by atoms with van der Waals surface area (Å²) in [4.78, 5) is 48.0. The van der Waals surface area contributed by atoms with E-state index in [0.29, 0.717) is 23.5 Å². The first-order valence-corrected chi connectivity index (χ1v) is 15.0. The van der Waals surface area contributed by atoms with Crippen LogP contribution in [0.15, 0.2) is 66.9 Å². The Kier molecular flexibility index (Phi) is 6.88. The van der Waals surface area contributed by atoms with Gasteiger partial charge in [0.15, 0.2) is 0 Å². The van der Waals surface area contributed by atoms with Gasteiger partial charge >= 0.3 is 0 Å². The second-order valence-corrected chi connectivity index (χ2v) is 12.2. The van der Waals surface area contributed by atoms with Crippen molar-refractivity contribution in [3.05, 3.63) is 94.2 Å². The Morgan fingerprint density at radius 1 is 0.977 bits per heavy atom. The van der Waals surface area contributed by atoms with Gasteiger partial charge < -0.3 is 20.4 Å². The third-order valence-corrected chi connectivity index (χ3v) is 9.08. The molecule has 0 bridgehead atoms. The third kappa shape index (κ3) is 5.30. The van der Waals surface area contributed by atoms with E-state index in [-0.39, 0.29) is 34.6 Å². The molecule has 224 valence electrons. The average Bonchev–Trinajstić information content (AvgIpc) is 3.74. The van der Waals surface area contributed by atoms with Crippen LogP contribution in [-0.2, 0) is 6.42 Å². The second kappa shape index (κ2) is 10.8. The number of hydrogen-bond donors (Lipinski definition) is 2. The van der Waals surface area contributed by atoms with Crippen molar-refractivity contribution in [3.63, 3.8) is 0 Å². The number of aromatic nitrogens is 1. The first-order valence-electron chi connectivity index (χ1n) is 14.2. The zero-order chi connectivity index (χ0) is 30.6. The molecule has 12 heteroatoms. The molecule has 2 aromatic heterocycles. The highest BCUT2D eigenvalue weighted by Crippen LogP contribution is 2.42. The van der Waals surface area contributed by atoms with E-state index in [2.05, 4.69) is 15.6 Å². The monoisotopic (exact) mass is 617 g/mol. The minimum absolute atomic E-state index is 0.0318. The van der Waals surface area contributed by atoms with Crippen molar-refractivity contribution >= 4 is 46.3 Å². The Bertz CT molecular complexity index is 1810. The fourth-order valence-corrected chi connectivity index (χ4v) is 6.63. The van der Waals surface area contributed by atoms with E-state index < -0.39 is 36.6 Å². The summed E-state index contributed by atoms with van der Waals surface area (Å²) in [5.74, 6) is -4.79. The van der Waals surface area contributed by atoms with E-state index in [4.69, 9.17) is 0 Å². The summed E-state index contributed by atoms with van der Waals surface area (Å²) in [5, 5.41) is 5.50. The highest BCUT2D eigenvalue weighted by Gasteiger charge is 2.45. The number of pyridine rings is 1. The van der Waals surface area contributed by atoms with E-state index >= 15 is 4.39 Å². The van der Waals surface area contributed by atoms with Crippen molar-refractivity contribution < 1.29 is 27.6 Å². The van der Waals surface area contributed by atoms with E-state index in [0.717, 1.165) is 34.9 Å². The molecule has 4 heterocycles. The highest BCUT2D eigenvalue weighted by atomic mass is 32.1. The Morgan fingerprint density at radius 2 is 1.77 bits per heavy atom. The normalized spacial score (nSPS) is 16.7. The molecule has 0 unspecified atom stereocenters. The lowest BCUT2D eigenvalue weighted by molar-refractivity contribution is -0.0267. The van der Waals surface area contributed by atoms with Crippen LogP contribution in [0, 0.1) is 5.82 Å². The number of rotatable bonds is 6. The molecule has 4 aromatic rings. The molecule has 3 aliphatic rings. The van der Waals surface area contributed by atoms with Gasteiger partial charge in [0.2, 0.25) is 0 Å². The molecule has 8 nitrogen and oxygen atoms in total. The van der Waals surface area contributed by atoms with Gasteiger partial charge in [-0.3, -0.25) is 14.4 Å². The number of fused-ring (bicyclic) bond motifs is 3. The van der Waals surface area contributed by atoms with Gasteiger partial charge in [0.1, 0.15) is 11.6 Å². The number of benzene rings is 2. The number of halogens is 3. The molecule has 0 atom stereocenters. The van der Waals surface area contributed by atoms with E-state index in [1.54, 1.807) is 4.90 Å². The third-order valence-electron chi connectivity index (χ3n) is 7.87. The van der Waals surface area contributed by atoms with Gasteiger partial charge in [-0.2, -0.15) is 0 Å². The van der Waals surface area contributed by atoms with Crippen LogP contribution in [0.3, 0.4) is 0 Å². The van der Waals surface area contributed by atoms with Gasteiger partial charge in [0.25, 0.3) is 23.6 Å². The van der Waals surface area contributed by atoms with Crippen LogP contribution >= 0.6 is 11.3 Å². The molecule has 1 aliphatic carbocycles. The number of hydrogen-bond acceptors (Lipinski definition) is 6. The number of alkyl halides is 2. The van der Waals surface area contributed by atoms with Gasteiger partial charge in [-0.1, -0.05) is 18.2 Å². The van der Waals surface area contributed by atoms with Crippen molar-refractivity contribution in [2.24, 2.45) is 0 Å². The first-order chi connectivity index (χ1) is 21.2. The second-order valence-electron chi connectivity index (χ2n) is 11.2. The standard InChI is InChI=1S/C32H26F3N5O3S/c33-23-14-19(7-10-24(23)38-29(41)22-5-3-12-36-28(22)39-16-32(34,35)17-39)31(43)40-13-11-18-15-26(30(42)37-20-8-9-20)44-27(18)21-4-1-2-6-25(21)40/h1-7,10,12,14-15,20H,8-9,11,13,16-17H2,(H,37,42)(H,38,41). The van der Waals surface area contributed by atoms with Gasteiger partial charge in [-0.25, -0.2) is 18.2 Å². The number of anilines is 3. The van der Waals surface area contributed by atoms with Crippen LogP contribution in [0.1, 0.15) is 48.8 Å². The average molecular weight is 618 g/mol. The number of para-hydroxylation sites is 1. The number of carbonyl (C=O) groups is 3. The summed E-state index contributed by atoms with van der Waals surface area (Å²) in [7, 11) is 0. The minimum Gasteiger partial charge on any atom is -0.349 e. The molecule has 0 spiro atoms. The smallest absolute Gasteiger partial charge is 0.282 e. The lowest BCUT2D eigenvalue weighted by Gasteiger charge is -2.40. The maximum Gasteiger partial charge on any atom is 0.282 e. The number of nitrogens with zero attached hydrogens (tertiary/aromatic N) is 3. The Morgan fingerprint density at radius 3 is 2.52 bits per heavy atom. The minimum atomic E-state index is -2.85. The largest absolute Gasteiger partial charge is 0.349 e. The molecule has 7 rings (SSSR count). The maximum absolute atomic E-state index is 15.3. The van der Waals surface area contributed by atoms with Crippen molar-refractivity contribution in [2.45, 2.75) is 31.2 Å². The van der Waals surface area contributed by atoms with Gasteiger partial charge in [0, 0.05) is 34.8 Å². The molecule has 2 N–H and O–H groups in total. The number of carbonyl (C=O) groups excluding carboxylic acids is 3. The lowest BCUT2D eigenvalue weighted by atomic mass is 10.1. The summed E-state index contributed by atoms with van der Waals surface area (Å²) >= 11 is 1.40.